The number of fused-ring (bicyclic) bond motifs is 1. The topological polar surface area (TPSA) is 39.1 Å². The van der Waals surface area contributed by atoms with Gasteiger partial charge in [0.2, 0.25) is 0 Å². The van der Waals surface area contributed by atoms with Crippen molar-refractivity contribution >= 4 is 5.82 Å². The van der Waals surface area contributed by atoms with Crippen molar-refractivity contribution in [2.24, 2.45) is 0 Å². The maximum Gasteiger partial charge on any atom is 0.573 e. The van der Waals surface area contributed by atoms with Gasteiger partial charge in [-0.05, 0) is 36.6 Å². The van der Waals surface area contributed by atoms with Gasteiger partial charge in [0.1, 0.15) is 11.6 Å². The highest BCUT2D eigenvalue weighted by atomic mass is 19.4. The summed E-state index contributed by atoms with van der Waals surface area (Å²) in [5.74, 6) is 0.980. The first kappa shape index (κ1) is 14.7. The van der Waals surface area contributed by atoms with Crippen LogP contribution in [0.5, 0.6) is 5.75 Å². The van der Waals surface area contributed by atoms with Gasteiger partial charge in [-0.2, -0.15) is 5.10 Å². The molecule has 0 aliphatic carbocycles. The first-order valence-electron chi connectivity index (χ1n) is 7.07. The number of aromatic nitrogens is 2. The molecule has 0 fully saturated rings. The van der Waals surface area contributed by atoms with E-state index in [1.807, 2.05) is 0 Å². The van der Waals surface area contributed by atoms with Gasteiger partial charge in [-0.25, -0.2) is 4.68 Å². The summed E-state index contributed by atoms with van der Waals surface area (Å²) in [4.78, 5) is 0. The second-order valence-electron chi connectivity index (χ2n) is 5.50. The molecule has 0 bridgehead atoms. The summed E-state index contributed by atoms with van der Waals surface area (Å²) < 4.78 is 42.2. The minimum Gasteiger partial charge on any atom is -0.406 e. The quantitative estimate of drug-likeness (QED) is 0.935. The van der Waals surface area contributed by atoms with Gasteiger partial charge in [0.15, 0.2) is 0 Å². The average molecular weight is 311 g/mol. The number of rotatable bonds is 3. The van der Waals surface area contributed by atoms with Gasteiger partial charge in [-0.15, -0.1) is 13.2 Å². The number of ether oxygens (including phenoxy) is 1. The molecule has 0 radical (unpaired) electrons. The number of nitrogens with one attached hydrogen (secondary N) is 1. The zero-order valence-corrected chi connectivity index (χ0v) is 12.2. The fraction of sp³-hybridized carbons (Fsp3) is 0.400. The summed E-state index contributed by atoms with van der Waals surface area (Å²) in [6, 6.07) is 5.72. The zero-order chi connectivity index (χ0) is 15.9. The Morgan fingerprint density at radius 2 is 1.91 bits per heavy atom. The van der Waals surface area contributed by atoms with Gasteiger partial charge < -0.3 is 10.1 Å². The lowest BCUT2D eigenvalue weighted by molar-refractivity contribution is -0.274. The molecule has 4 nitrogen and oxygen atoms in total. The van der Waals surface area contributed by atoms with Crippen LogP contribution in [0.1, 0.15) is 31.0 Å². The predicted octanol–water partition coefficient (Wildman–Crippen LogP) is 3.86. The number of nitrogens with zero attached hydrogens (tertiary/aromatic N) is 2. The molecule has 0 spiro atoms. The number of hydrogen-bond acceptors (Lipinski definition) is 3. The first-order valence-corrected chi connectivity index (χ1v) is 7.07. The lowest BCUT2D eigenvalue weighted by Crippen LogP contribution is -2.17. The molecule has 1 N–H and O–H groups in total. The third-order valence-electron chi connectivity index (χ3n) is 3.54. The van der Waals surface area contributed by atoms with Gasteiger partial charge in [-0.3, -0.25) is 0 Å². The minimum absolute atomic E-state index is 0.239. The fourth-order valence-electron chi connectivity index (χ4n) is 2.64. The fourth-order valence-corrected chi connectivity index (χ4v) is 2.64. The van der Waals surface area contributed by atoms with Crippen molar-refractivity contribution in [1.82, 2.24) is 9.78 Å². The lowest BCUT2D eigenvalue weighted by atomic mass is 10.1. The number of hydrogen-bond donors (Lipinski definition) is 1. The van der Waals surface area contributed by atoms with Crippen LogP contribution >= 0.6 is 0 Å². The monoisotopic (exact) mass is 311 g/mol. The van der Waals surface area contributed by atoms with Crippen LogP contribution in [0.25, 0.3) is 5.69 Å². The average Bonchev–Trinajstić information content (AvgIpc) is 2.99. The van der Waals surface area contributed by atoms with Crippen molar-refractivity contribution in [2.45, 2.75) is 32.5 Å². The molecular weight excluding hydrogens is 295 g/mol. The van der Waals surface area contributed by atoms with Crippen molar-refractivity contribution in [2.75, 3.05) is 11.9 Å². The van der Waals surface area contributed by atoms with E-state index in [2.05, 4.69) is 29.0 Å². The maximum atomic E-state index is 12.2. The molecule has 118 valence electrons. The van der Waals surface area contributed by atoms with E-state index >= 15 is 0 Å². The minimum atomic E-state index is -4.68. The molecule has 2 heterocycles. The molecular formula is C15H16F3N3O. The van der Waals surface area contributed by atoms with Crippen LogP contribution in [0.4, 0.5) is 19.0 Å². The summed E-state index contributed by atoms with van der Waals surface area (Å²) in [6.07, 6.45) is -3.76. The van der Waals surface area contributed by atoms with Crippen LogP contribution in [0.2, 0.25) is 0 Å². The molecule has 1 aromatic carbocycles. The Bertz CT molecular complexity index is 675. The van der Waals surface area contributed by atoms with Crippen molar-refractivity contribution in [1.29, 1.82) is 0 Å². The molecule has 0 saturated carbocycles. The van der Waals surface area contributed by atoms with E-state index in [0.29, 0.717) is 11.6 Å². The molecule has 1 aromatic heterocycles. The van der Waals surface area contributed by atoms with Gasteiger partial charge in [0.05, 0.1) is 11.4 Å². The standard InChI is InChI=1S/C15H16F3N3O/c1-9(2)13-12-7-8-19-14(12)21(20-13)10-3-5-11(6-4-10)22-15(16,17)18/h3-6,9,19H,7-8H2,1-2H3. The number of halogens is 3. The highest BCUT2D eigenvalue weighted by Crippen LogP contribution is 2.33. The van der Waals surface area contributed by atoms with Crippen LogP contribution in [0.15, 0.2) is 24.3 Å². The molecule has 3 rings (SSSR count). The predicted molar refractivity (Wildman–Crippen MR) is 76.5 cm³/mol. The summed E-state index contributed by atoms with van der Waals surface area (Å²) in [5, 5.41) is 7.88. The molecule has 0 saturated heterocycles. The Balaban J connectivity index is 1.94. The zero-order valence-electron chi connectivity index (χ0n) is 12.2. The highest BCUT2D eigenvalue weighted by Gasteiger charge is 2.31. The van der Waals surface area contributed by atoms with Crippen LogP contribution in [0.3, 0.4) is 0 Å². The molecule has 0 atom stereocenters. The number of benzene rings is 1. The summed E-state index contributed by atoms with van der Waals surface area (Å²) >= 11 is 0. The maximum absolute atomic E-state index is 12.2. The van der Waals surface area contributed by atoms with E-state index < -0.39 is 6.36 Å². The van der Waals surface area contributed by atoms with E-state index in [0.717, 1.165) is 24.5 Å². The molecule has 0 amide bonds. The Kier molecular flexibility index (Phi) is 3.50. The molecule has 7 heteroatoms. The van der Waals surface area contributed by atoms with Crippen molar-refractivity contribution in [3.63, 3.8) is 0 Å². The van der Waals surface area contributed by atoms with E-state index in [1.165, 1.54) is 17.7 Å². The summed E-state index contributed by atoms with van der Waals surface area (Å²) in [6.45, 7) is 5.00. The van der Waals surface area contributed by atoms with Crippen LogP contribution in [-0.4, -0.2) is 22.7 Å². The van der Waals surface area contributed by atoms with Gasteiger partial charge in [0, 0.05) is 12.1 Å². The second kappa shape index (κ2) is 5.23. The number of alkyl halides is 3. The first-order chi connectivity index (χ1) is 10.3. The van der Waals surface area contributed by atoms with Gasteiger partial charge >= 0.3 is 6.36 Å². The van der Waals surface area contributed by atoms with Gasteiger partial charge in [0.25, 0.3) is 0 Å². The smallest absolute Gasteiger partial charge is 0.406 e. The Hall–Kier alpha value is -2.18. The van der Waals surface area contributed by atoms with E-state index in [1.54, 1.807) is 16.8 Å². The Morgan fingerprint density at radius 1 is 1.23 bits per heavy atom. The lowest BCUT2D eigenvalue weighted by Gasteiger charge is -2.10. The molecule has 1 aliphatic heterocycles. The van der Waals surface area contributed by atoms with Gasteiger partial charge in [-0.1, -0.05) is 13.8 Å². The van der Waals surface area contributed by atoms with E-state index in [9.17, 15) is 13.2 Å². The molecule has 2 aromatic rings. The van der Waals surface area contributed by atoms with Crippen molar-refractivity contribution < 1.29 is 17.9 Å². The van der Waals surface area contributed by atoms with E-state index in [4.69, 9.17) is 0 Å². The van der Waals surface area contributed by atoms with Crippen LogP contribution < -0.4 is 10.1 Å². The Morgan fingerprint density at radius 3 is 2.50 bits per heavy atom. The molecule has 0 unspecified atom stereocenters. The number of anilines is 1. The highest BCUT2D eigenvalue weighted by molar-refractivity contribution is 5.57. The third kappa shape index (κ3) is 2.75. The van der Waals surface area contributed by atoms with Crippen molar-refractivity contribution in [3.8, 4) is 11.4 Å². The molecule has 1 aliphatic rings. The van der Waals surface area contributed by atoms with E-state index in [-0.39, 0.29) is 5.75 Å². The largest absolute Gasteiger partial charge is 0.573 e. The third-order valence-corrected chi connectivity index (χ3v) is 3.54. The molecule has 22 heavy (non-hydrogen) atoms. The van der Waals surface area contributed by atoms with Crippen LogP contribution in [-0.2, 0) is 6.42 Å². The van der Waals surface area contributed by atoms with Crippen molar-refractivity contribution in [3.05, 3.63) is 35.5 Å². The Labute approximate surface area is 125 Å². The summed E-state index contributed by atoms with van der Waals surface area (Å²) in [5.41, 5.74) is 2.91. The second-order valence-corrected chi connectivity index (χ2v) is 5.50. The SMILES string of the molecule is CC(C)c1nn(-c2ccc(OC(F)(F)F)cc2)c2c1CCN2. The van der Waals surface area contributed by atoms with Crippen LogP contribution in [0, 0.1) is 0 Å². The normalized spacial score (nSPS) is 14.1. The summed E-state index contributed by atoms with van der Waals surface area (Å²) in [7, 11) is 0.